The fourth-order valence-electron chi connectivity index (χ4n) is 4.69. The quantitative estimate of drug-likeness (QED) is 0.289. The van der Waals surface area contributed by atoms with Crippen molar-refractivity contribution in [1.82, 2.24) is 5.32 Å². The molecule has 2 atom stereocenters. The van der Waals surface area contributed by atoms with Gasteiger partial charge in [0.2, 0.25) is 0 Å². The van der Waals surface area contributed by atoms with Crippen molar-refractivity contribution >= 4 is 5.97 Å². The van der Waals surface area contributed by atoms with Gasteiger partial charge >= 0.3 is 5.97 Å². The van der Waals surface area contributed by atoms with Crippen molar-refractivity contribution in [3.05, 3.63) is 93.8 Å². The maximum atomic E-state index is 13.9. The molecule has 0 spiro atoms. The number of carboxylic acids is 1. The van der Waals surface area contributed by atoms with Crippen LogP contribution in [-0.2, 0) is 11.2 Å². The van der Waals surface area contributed by atoms with Crippen molar-refractivity contribution < 1.29 is 24.1 Å². The third-order valence-corrected chi connectivity index (χ3v) is 6.69. The highest BCUT2D eigenvalue weighted by molar-refractivity contribution is 5.92. The van der Waals surface area contributed by atoms with Gasteiger partial charge in [-0.1, -0.05) is 48.5 Å². The Kier molecular flexibility index (Phi) is 9.24. The van der Waals surface area contributed by atoms with E-state index < -0.39 is 12.1 Å². The van der Waals surface area contributed by atoms with Gasteiger partial charge in [-0.2, -0.15) is 0 Å². The third kappa shape index (κ3) is 7.48. The molecular formula is C31H38FNO4. The highest BCUT2D eigenvalue weighted by atomic mass is 19.1. The van der Waals surface area contributed by atoms with Crippen LogP contribution in [0.3, 0.4) is 0 Å². The number of hydrogen-bond donors (Lipinski definition) is 3. The second-order valence-corrected chi connectivity index (χ2v) is 10.5. The predicted molar refractivity (Wildman–Crippen MR) is 146 cm³/mol. The molecule has 5 nitrogen and oxygen atoms in total. The monoisotopic (exact) mass is 507 g/mol. The highest BCUT2D eigenvalue weighted by Crippen LogP contribution is 2.32. The molecular weight excluding hydrogens is 469 g/mol. The van der Waals surface area contributed by atoms with Gasteiger partial charge in [0.25, 0.3) is 0 Å². The van der Waals surface area contributed by atoms with Crippen LogP contribution in [0.4, 0.5) is 4.39 Å². The van der Waals surface area contributed by atoms with E-state index in [-0.39, 0.29) is 24.1 Å². The molecule has 0 amide bonds. The predicted octanol–water partition coefficient (Wildman–Crippen LogP) is 6.17. The minimum atomic E-state index is -0.927. The Morgan fingerprint density at radius 3 is 2.30 bits per heavy atom. The van der Waals surface area contributed by atoms with Gasteiger partial charge in [-0.05, 0) is 93.0 Å². The summed E-state index contributed by atoms with van der Waals surface area (Å²) in [6.07, 6.45) is -0.377. The molecule has 0 aliphatic carbocycles. The number of aliphatic hydroxyl groups is 1. The molecule has 6 heteroatoms. The topological polar surface area (TPSA) is 78.8 Å². The lowest BCUT2D eigenvalue weighted by Crippen LogP contribution is -2.46. The number of β-amino-alcohol motifs (C(OH)–C–C–N with tert-alkyl or cyclic N) is 1. The van der Waals surface area contributed by atoms with Gasteiger partial charge in [0.05, 0.1) is 24.4 Å². The molecule has 0 aliphatic rings. The first-order chi connectivity index (χ1) is 17.4. The normalized spacial score (nSPS) is 13.4. The molecule has 0 heterocycles. The van der Waals surface area contributed by atoms with E-state index in [0.717, 1.165) is 22.3 Å². The van der Waals surface area contributed by atoms with Crippen LogP contribution in [0.1, 0.15) is 65.1 Å². The zero-order valence-corrected chi connectivity index (χ0v) is 22.6. The molecule has 0 saturated carbocycles. The molecule has 0 bridgehead atoms. The van der Waals surface area contributed by atoms with Crippen LogP contribution < -0.4 is 5.32 Å². The lowest BCUT2D eigenvalue weighted by molar-refractivity contribution is -0.00397. The van der Waals surface area contributed by atoms with E-state index in [2.05, 4.69) is 5.32 Å². The summed E-state index contributed by atoms with van der Waals surface area (Å²) in [5, 5.41) is 23.5. The number of rotatable bonds is 11. The molecule has 0 aromatic heterocycles. The maximum absolute atomic E-state index is 13.9. The van der Waals surface area contributed by atoms with E-state index >= 15 is 0 Å². The van der Waals surface area contributed by atoms with Crippen molar-refractivity contribution in [2.75, 3.05) is 13.2 Å². The number of benzene rings is 3. The van der Waals surface area contributed by atoms with Crippen LogP contribution in [0.15, 0.2) is 54.6 Å². The maximum Gasteiger partial charge on any atom is 0.336 e. The Balaban J connectivity index is 1.62. The van der Waals surface area contributed by atoms with Crippen molar-refractivity contribution in [3.63, 3.8) is 0 Å². The lowest BCUT2D eigenvalue weighted by Gasteiger charge is -2.28. The van der Waals surface area contributed by atoms with Crippen LogP contribution in [0, 0.1) is 26.6 Å². The minimum absolute atomic E-state index is 0.147. The first-order valence-electron chi connectivity index (χ1n) is 12.6. The highest BCUT2D eigenvalue weighted by Gasteiger charge is 2.21. The number of carboxylic acid groups (broad SMARTS) is 1. The van der Waals surface area contributed by atoms with Crippen LogP contribution in [-0.4, -0.2) is 41.0 Å². The van der Waals surface area contributed by atoms with E-state index in [1.807, 2.05) is 77.1 Å². The standard InChI is InChI=1S/C31H38FNO4/c1-19-11-12-23(15-28(19)32)16-31(5,6)33-17-25(34)18-37-22(4)26-9-7-8-10-27(26)24-13-20(2)29(30(35)36)21(3)14-24/h7-15,22,25,33-34H,16-18H2,1-6H3,(H,35,36)/t22-,25-/m1/s1. The Labute approximate surface area is 219 Å². The summed E-state index contributed by atoms with van der Waals surface area (Å²) in [5.41, 5.74) is 5.81. The number of aryl methyl sites for hydroxylation is 3. The summed E-state index contributed by atoms with van der Waals surface area (Å²) in [4.78, 5) is 11.6. The second kappa shape index (κ2) is 12.0. The van der Waals surface area contributed by atoms with E-state index in [4.69, 9.17) is 4.74 Å². The first kappa shape index (κ1) is 28.5. The molecule has 198 valence electrons. The number of aromatic carboxylic acids is 1. The summed E-state index contributed by atoms with van der Waals surface area (Å²) in [6, 6.07) is 16.9. The van der Waals surface area contributed by atoms with Crippen molar-refractivity contribution in [2.24, 2.45) is 0 Å². The van der Waals surface area contributed by atoms with Gasteiger partial charge in [0.1, 0.15) is 5.82 Å². The number of nitrogens with one attached hydrogen (secondary N) is 1. The molecule has 3 aromatic rings. The summed E-state index contributed by atoms with van der Waals surface area (Å²) in [5.74, 6) is -1.14. The summed E-state index contributed by atoms with van der Waals surface area (Å²) in [7, 11) is 0. The Bertz CT molecular complexity index is 1230. The van der Waals surface area contributed by atoms with Gasteiger partial charge in [0, 0.05) is 12.1 Å². The zero-order chi connectivity index (χ0) is 27.3. The van der Waals surface area contributed by atoms with Crippen LogP contribution in [0.25, 0.3) is 11.1 Å². The number of hydrogen-bond acceptors (Lipinski definition) is 4. The molecule has 0 aliphatic heterocycles. The molecule has 0 unspecified atom stereocenters. The van der Waals surface area contributed by atoms with Crippen molar-refractivity contribution in [2.45, 2.75) is 65.7 Å². The average molecular weight is 508 g/mol. The van der Waals surface area contributed by atoms with E-state index in [1.54, 1.807) is 19.1 Å². The van der Waals surface area contributed by atoms with Crippen LogP contribution in [0.5, 0.6) is 0 Å². The van der Waals surface area contributed by atoms with Gasteiger partial charge in [-0.15, -0.1) is 0 Å². The van der Waals surface area contributed by atoms with Gasteiger partial charge in [-0.3, -0.25) is 0 Å². The largest absolute Gasteiger partial charge is 0.478 e. The van der Waals surface area contributed by atoms with Gasteiger partial charge < -0.3 is 20.3 Å². The minimum Gasteiger partial charge on any atom is -0.478 e. The molecule has 0 fully saturated rings. The molecule has 37 heavy (non-hydrogen) atoms. The van der Waals surface area contributed by atoms with E-state index in [0.29, 0.717) is 35.2 Å². The van der Waals surface area contributed by atoms with Crippen LogP contribution in [0.2, 0.25) is 0 Å². The number of ether oxygens (including phenoxy) is 1. The average Bonchev–Trinajstić information content (AvgIpc) is 2.82. The lowest BCUT2D eigenvalue weighted by atomic mass is 9.92. The van der Waals surface area contributed by atoms with E-state index in [9.17, 15) is 19.4 Å². The Morgan fingerprint density at radius 2 is 1.68 bits per heavy atom. The van der Waals surface area contributed by atoms with Crippen LogP contribution >= 0.6 is 0 Å². The summed E-state index contributed by atoms with van der Waals surface area (Å²) >= 11 is 0. The smallest absolute Gasteiger partial charge is 0.336 e. The van der Waals surface area contributed by atoms with Gasteiger partial charge in [-0.25, -0.2) is 9.18 Å². The van der Waals surface area contributed by atoms with Crippen molar-refractivity contribution in [3.8, 4) is 11.1 Å². The van der Waals surface area contributed by atoms with E-state index in [1.165, 1.54) is 0 Å². The zero-order valence-electron chi connectivity index (χ0n) is 22.6. The molecule has 3 N–H and O–H groups in total. The Hall–Kier alpha value is -3.06. The molecule has 0 radical (unpaired) electrons. The van der Waals surface area contributed by atoms with Gasteiger partial charge in [0.15, 0.2) is 0 Å². The van der Waals surface area contributed by atoms with Crippen molar-refractivity contribution in [1.29, 1.82) is 0 Å². The molecule has 3 rings (SSSR count). The second-order valence-electron chi connectivity index (χ2n) is 10.5. The number of halogens is 1. The first-order valence-corrected chi connectivity index (χ1v) is 12.6. The fraction of sp³-hybridized carbons (Fsp3) is 0.387. The summed E-state index contributed by atoms with van der Waals surface area (Å²) in [6.45, 7) is 11.8. The number of carbonyl (C=O) groups is 1. The SMILES string of the molecule is Cc1ccc(CC(C)(C)NC[C@@H](O)CO[C@H](C)c2ccccc2-c2cc(C)c(C(=O)O)c(C)c2)cc1F. The Morgan fingerprint density at radius 1 is 1.03 bits per heavy atom. The number of aliphatic hydroxyl groups excluding tert-OH is 1. The molecule has 0 saturated heterocycles. The fourth-order valence-corrected chi connectivity index (χ4v) is 4.69. The molecule has 3 aromatic carbocycles. The third-order valence-electron chi connectivity index (χ3n) is 6.69. The summed E-state index contributed by atoms with van der Waals surface area (Å²) < 4.78 is 20.0.